The standard InChI is InChI=1S/C17H20O4/c1-20-15-10-13(11-16(21-2)17(15)19)7-3-5-12-6-4-8-14(18)9-12/h4,6,8-11,18-19H,3,5,7H2,1-2H3. The zero-order valence-corrected chi connectivity index (χ0v) is 12.3. The molecular formula is C17H20O4. The highest BCUT2D eigenvalue weighted by atomic mass is 16.5. The van der Waals surface area contributed by atoms with Gasteiger partial charge in [-0.3, -0.25) is 0 Å². The Labute approximate surface area is 124 Å². The molecule has 0 saturated heterocycles. The predicted molar refractivity (Wildman–Crippen MR) is 81.3 cm³/mol. The van der Waals surface area contributed by atoms with Crippen LogP contribution in [0.2, 0.25) is 0 Å². The number of methoxy groups -OCH3 is 2. The van der Waals surface area contributed by atoms with Gasteiger partial charge in [0.15, 0.2) is 11.5 Å². The van der Waals surface area contributed by atoms with E-state index in [1.165, 1.54) is 14.2 Å². The van der Waals surface area contributed by atoms with Crippen molar-refractivity contribution in [3.63, 3.8) is 0 Å². The lowest BCUT2D eigenvalue weighted by Gasteiger charge is -2.11. The van der Waals surface area contributed by atoms with Crippen molar-refractivity contribution in [2.24, 2.45) is 0 Å². The van der Waals surface area contributed by atoms with Crippen LogP contribution in [0.5, 0.6) is 23.0 Å². The van der Waals surface area contributed by atoms with Gasteiger partial charge in [0.2, 0.25) is 5.75 Å². The van der Waals surface area contributed by atoms with Crippen LogP contribution in [0.25, 0.3) is 0 Å². The lowest BCUT2D eigenvalue weighted by atomic mass is 10.0. The van der Waals surface area contributed by atoms with Crippen LogP contribution in [0.3, 0.4) is 0 Å². The molecule has 0 spiro atoms. The van der Waals surface area contributed by atoms with Gasteiger partial charge in [0, 0.05) is 0 Å². The Morgan fingerprint density at radius 2 is 1.48 bits per heavy atom. The van der Waals surface area contributed by atoms with Crippen LogP contribution in [0.1, 0.15) is 17.5 Å². The molecular weight excluding hydrogens is 268 g/mol. The Kier molecular flexibility index (Phi) is 4.93. The number of phenols is 2. The Bertz CT molecular complexity index is 582. The van der Waals surface area contributed by atoms with Crippen molar-refractivity contribution in [3.05, 3.63) is 47.5 Å². The molecule has 0 bridgehead atoms. The van der Waals surface area contributed by atoms with Gasteiger partial charge in [-0.15, -0.1) is 0 Å². The van der Waals surface area contributed by atoms with Gasteiger partial charge in [0.05, 0.1) is 14.2 Å². The van der Waals surface area contributed by atoms with Crippen molar-refractivity contribution in [1.82, 2.24) is 0 Å². The van der Waals surface area contributed by atoms with E-state index in [9.17, 15) is 10.2 Å². The smallest absolute Gasteiger partial charge is 0.200 e. The minimum atomic E-state index is 0.0248. The number of benzene rings is 2. The van der Waals surface area contributed by atoms with Gasteiger partial charge < -0.3 is 19.7 Å². The van der Waals surface area contributed by atoms with Crippen LogP contribution < -0.4 is 9.47 Å². The molecule has 0 radical (unpaired) electrons. The molecule has 2 aromatic carbocycles. The number of aromatic hydroxyl groups is 2. The monoisotopic (exact) mass is 288 g/mol. The molecule has 0 unspecified atom stereocenters. The first-order valence-electron chi connectivity index (χ1n) is 6.86. The second-order valence-electron chi connectivity index (χ2n) is 4.87. The molecule has 0 atom stereocenters. The van der Waals surface area contributed by atoms with Gasteiger partial charge in [-0.05, 0) is 54.7 Å². The van der Waals surface area contributed by atoms with E-state index >= 15 is 0 Å². The van der Waals surface area contributed by atoms with Crippen molar-refractivity contribution in [3.8, 4) is 23.0 Å². The minimum absolute atomic E-state index is 0.0248. The van der Waals surface area contributed by atoms with Crippen molar-refractivity contribution in [1.29, 1.82) is 0 Å². The molecule has 0 saturated carbocycles. The normalized spacial score (nSPS) is 10.4. The largest absolute Gasteiger partial charge is 0.508 e. The third-order valence-electron chi connectivity index (χ3n) is 3.38. The first kappa shape index (κ1) is 15.0. The van der Waals surface area contributed by atoms with Crippen LogP contribution in [0.4, 0.5) is 0 Å². The highest BCUT2D eigenvalue weighted by molar-refractivity contribution is 5.52. The summed E-state index contributed by atoms with van der Waals surface area (Å²) in [6.07, 6.45) is 2.64. The Morgan fingerprint density at radius 3 is 2.05 bits per heavy atom. The second-order valence-corrected chi connectivity index (χ2v) is 4.87. The molecule has 2 rings (SSSR count). The number of hydrogen-bond donors (Lipinski definition) is 2. The zero-order chi connectivity index (χ0) is 15.2. The van der Waals surface area contributed by atoms with Crippen LogP contribution in [0.15, 0.2) is 36.4 Å². The summed E-state index contributed by atoms with van der Waals surface area (Å²) in [7, 11) is 3.04. The van der Waals surface area contributed by atoms with E-state index in [1.807, 2.05) is 24.3 Å². The molecule has 0 fully saturated rings. The van der Waals surface area contributed by atoms with E-state index < -0.39 is 0 Å². The molecule has 0 aliphatic carbocycles. The number of ether oxygens (including phenoxy) is 2. The summed E-state index contributed by atoms with van der Waals surface area (Å²) < 4.78 is 10.3. The fourth-order valence-electron chi connectivity index (χ4n) is 2.30. The lowest BCUT2D eigenvalue weighted by molar-refractivity contribution is 0.339. The average molecular weight is 288 g/mol. The van der Waals surface area contributed by atoms with Crippen LogP contribution in [0, 0.1) is 0 Å². The third kappa shape index (κ3) is 3.81. The van der Waals surface area contributed by atoms with E-state index in [2.05, 4.69) is 0 Å². The Balaban J connectivity index is 2.03. The number of phenolic OH excluding ortho intramolecular Hbond substituents is 2. The molecule has 0 aromatic heterocycles. The van der Waals surface area contributed by atoms with Crippen LogP contribution >= 0.6 is 0 Å². The summed E-state index contributed by atoms with van der Waals surface area (Å²) in [6.45, 7) is 0. The quantitative estimate of drug-likeness (QED) is 0.856. The van der Waals surface area contributed by atoms with Gasteiger partial charge in [0.25, 0.3) is 0 Å². The molecule has 0 aliphatic heterocycles. The molecule has 0 heterocycles. The first-order valence-corrected chi connectivity index (χ1v) is 6.86. The van der Waals surface area contributed by atoms with E-state index in [1.54, 1.807) is 12.1 Å². The number of hydrogen-bond acceptors (Lipinski definition) is 4. The molecule has 4 heteroatoms. The van der Waals surface area contributed by atoms with Crippen molar-refractivity contribution in [2.45, 2.75) is 19.3 Å². The summed E-state index contributed by atoms with van der Waals surface area (Å²) in [5.41, 5.74) is 2.15. The average Bonchev–Trinajstić information content (AvgIpc) is 2.48. The minimum Gasteiger partial charge on any atom is -0.508 e. The SMILES string of the molecule is COc1cc(CCCc2cccc(O)c2)cc(OC)c1O. The molecule has 0 amide bonds. The summed E-state index contributed by atoms with van der Waals surface area (Å²) in [5.74, 6) is 1.15. The van der Waals surface area contributed by atoms with Crippen molar-refractivity contribution < 1.29 is 19.7 Å². The summed E-state index contributed by atoms with van der Waals surface area (Å²) in [5, 5.41) is 19.3. The van der Waals surface area contributed by atoms with Gasteiger partial charge in [0.1, 0.15) is 5.75 Å². The fourth-order valence-corrected chi connectivity index (χ4v) is 2.30. The summed E-state index contributed by atoms with van der Waals surface area (Å²) in [4.78, 5) is 0. The molecule has 112 valence electrons. The summed E-state index contributed by atoms with van der Waals surface area (Å²) in [6, 6.07) is 10.9. The molecule has 2 N–H and O–H groups in total. The van der Waals surface area contributed by atoms with Gasteiger partial charge >= 0.3 is 0 Å². The third-order valence-corrected chi connectivity index (χ3v) is 3.38. The van der Waals surface area contributed by atoms with Gasteiger partial charge in [-0.25, -0.2) is 0 Å². The number of rotatable bonds is 6. The molecule has 2 aromatic rings. The highest BCUT2D eigenvalue weighted by Gasteiger charge is 2.11. The maximum Gasteiger partial charge on any atom is 0.200 e. The fraction of sp³-hybridized carbons (Fsp3) is 0.294. The highest BCUT2D eigenvalue weighted by Crippen LogP contribution is 2.37. The van der Waals surface area contributed by atoms with E-state index in [4.69, 9.17) is 9.47 Å². The van der Waals surface area contributed by atoms with Gasteiger partial charge in [-0.1, -0.05) is 12.1 Å². The van der Waals surface area contributed by atoms with E-state index in [0.717, 1.165) is 30.4 Å². The summed E-state index contributed by atoms with van der Waals surface area (Å²) >= 11 is 0. The first-order chi connectivity index (χ1) is 10.1. The number of aryl methyl sites for hydroxylation is 2. The zero-order valence-electron chi connectivity index (χ0n) is 12.3. The van der Waals surface area contributed by atoms with Crippen LogP contribution in [-0.4, -0.2) is 24.4 Å². The molecule has 21 heavy (non-hydrogen) atoms. The van der Waals surface area contributed by atoms with E-state index in [-0.39, 0.29) is 5.75 Å². The van der Waals surface area contributed by atoms with E-state index in [0.29, 0.717) is 17.2 Å². The maximum absolute atomic E-state index is 9.87. The lowest BCUT2D eigenvalue weighted by Crippen LogP contribution is -1.94. The second kappa shape index (κ2) is 6.88. The van der Waals surface area contributed by atoms with Gasteiger partial charge in [-0.2, -0.15) is 0 Å². The maximum atomic E-state index is 9.87. The topological polar surface area (TPSA) is 58.9 Å². The van der Waals surface area contributed by atoms with Crippen molar-refractivity contribution in [2.75, 3.05) is 14.2 Å². The predicted octanol–water partition coefficient (Wildman–Crippen LogP) is 3.29. The molecule has 4 nitrogen and oxygen atoms in total. The Morgan fingerprint density at radius 1 is 0.857 bits per heavy atom. The molecule has 0 aliphatic rings. The van der Waals surface area contributed by atoms with Crippen molar-refractivity contribution >= 4 is 0 Å². The van der Waals surface area contributed by atoms with Crippen LogP contribution in [-0.2, 0) is 12.8 Å². The Hall–Kier alpha value is -2.36.